The second-order valence-corrected chi connectivity index (χ2v) is 3.77. The molecule has 0 saturated heterocycles. The molecule has 1 heterocycles. The summed E-state index contributed by atoms with van der Waals surface area (Å²) in [5, 5.41) is 19.8. The molecule has 0 aliphatic rings. The van der Waals surface area contributed by atoms with E-state index in [2.05, 4.69) is 4.98 Å². The lowest BCUT2D eigenvalue weighted by Crippen LogP contribution is -2.35. The molecule has 0 radical (unpaired) electrons. The summed E-state index contributed by atoms with van der Waals surface area (Å²) in [6.07, 6.45) is 1.40. The quantitative estimate of drug-likeness (QED) is 0.587. The first-order valence-corrected chi connectivity index (χ1v) is 5.02. The summed E-state index contributed by atoms with van der Waals surface area (Å²) in [5.74, 6) is 0.249. The molecular weight excluding hydrogens is 212 g/mol. The van der Waals surface area contributed by atoms with Crippen LogP contribution in [-0.2, 0) is 7.05 Å². The molecule has 0 aromatic carbocycles. The van der Waals surface area contributed by atoms with Crippen molar-refractivity contribution in [2.45, 2.75) is 19.9 Å². The fraction of sp³-hybridized carbons (Fsp3) is 0.667. The van der Waals surface area contributed by atoms with E-state index in [9.17, 15) is 10.1 Å². The minimum atomic E-state index is -0.512. The Kier molecular flexibility index (Phi) is 3.83. The van der Waals surface area contributed by atoms with Crippen molar-refractivity contribution in [3.8, 4) is 0 Å². The average molecular weight is 228 g/mol. The smallest absolute Gasteiger partial charge is 0.395 e. The second kappa shape index (κ2) is 4.93. The molecule has 0 atom stereocenters. The lowest BCUT2D eigenvalue weighted by atomic mass is 10.3. The monoisotopic (exact) mass is 228 g/mol. The van der Waals surface area contributed by atoms with E-state index in [1.165, 1.54) is 6.33 Å². The summed E-state index contributed by atoms with van der Waals surface area (Å²) in [7, 11) is 1.70. The third-order valence-corrected chi connectivity index (χ3v) is 2.30. The zero-order valence-electron chi connectivity index (χ0n) is 9.62. The van der Waals surface area contributed by atoms with Gasteiger partial charge in [-0.25, -0.2) is 0 Å². The van der Waals surface area contributed by atoms with Crippen LogP contribution in [0.2, 0.25) is 0 Å². The molecule has 90 valence electrons. The largest absolute Gasteiger partial charge is 0.406 e. The van der Waals surface area contributed by atoms with Gasteiger partial charge in [0.15, 0.2) is 0 Å². The molecule has 0 bridgehead atoms. The first-order valence-electron chi connectivity index (χ1n) is 5.02. The van der Waals surface area contributed by atoms with Gasteiger partial charge in [0.25, 0.3) is 0 Å². The second-order valence-electron chi connectivity index (χ2n) is 3.77. The third kappa shape index (κ3) is 2.30. The van der Waals surface area contributed by atoms with E-state index < -0.39 is 4.92 Å². The third-order valence-electron chi connectivity index (χ3n) is 2.30. The maximum Gasteiger partial charge on any atom is 0.406 e. The highest BCUT2D eigenvalue weighted by molar-refractivity contribution is 5.55. The molecule has 0 saturated carbocycles. The van der Waals surface area contributed by atoms with Crippen LogP contribution in [0.5, 0.6) is 0 Å². The maximum absolute atomic E-state index is 10.8. The molecule has 0 fully saturated rings. The number of imidazole rings is 1. The number of hydrogen-bond acceptors (Lipinski definition) is 5. The Labute approximate surface area is 93.5 Å². The maximum atomic E-state index is 10.8. The Morgan fingerprint density at radius 3 is 2.75 bits per heavy atom. The van der Waals surface area contributed by atoms with Crippen molar-refractivity contribution in [2.75, 3.05) is 18.1 Å². The first-order chi connectivity index (χ1) is 7.49. The highest BCUT2D eigenvalue weighted by Crippen LogP contribution is 2.26. The zero-order chi connectivity index (χ0) is 12.3. The van der Waals surface area contributed by atoms with Gasteiger partial charge in [-0.1, -0.05) is 0 Å². The molecule has 1 aromatic rings. The van der Waals surface area contributed by atoms with E-state index in [1.807, 2.05) is 13.8 Å². The fourth-order valence-electron chi connectivity index (χ4n) is 1.59. The van der Waals surface area contributed by atoms with Gasteiger partial charge in [-0.15, -0.1) is 0 Å². The number of aliphatic hydroxyl groups excluding tert-OH is 1. The lowest BCUT2D eigenvalue weighted by Gasteiger charge is -2.26. The summed E-state index contributed by atoms with van der Waals surface area (Å²) < 4.78 is 1.59. The van der Waals surface area contributed by atoms with Crippen LogP contribution in [0, 0.1) is 10.1 Å². The Bertz CT molecular complexity index is 375. The minimum absolute atomic E-state index is 0.0550. The topological polar surface area (TPSA) is 84.4 Å². The van der Waals surface area contributed by atoms with Crippen molar-refractivity contribution in [2.24, 2.45) is 7.05 Å². The van der Waals surface area contributed by atoms with Gasteiger partial charge < -0.3 is 20.1 Å². The summed E-state index contributed by atoms with van der Waals surface area (Å²) >= 11 is 0. The van der Waals surface area contributed by atoms with Crippen molar-refractivity contribution in [3.05, 3.63) is 16.4 Å². The van der Waals surface area contributed by atoms with Crippen LogP contribution in [0.1, 0.15) is 13.8 Å². The van der Waals surface area contributed by atoms with Gasteiger partial charge >= 0.3 is 5.82 Å². The molecule has 0 amide bonds. The van der Waals surface area contributed by atoms with Gasteiger partial charge in [0.2, 0.25) is 12.1 Å². The summed E-state index contributed by atoms with van der Waals surface area (Å²) in [6.45, 7) is 4.11. The van der Waals surface area contributed by atoms with Crippen molar-refractivity contribution in [1.29, 1.82) is 0 Å². The van der Waals surface area contributed by atoms with Crippen molar-refractivity contribution >= 4 is 11.6 Å². The predicted molar refractivity (Wildman–Crippen MR) is 59.4 cm³/mol. The normalized spacial score (nSPS) is 10.8. The van der Waals surface area contributed by atoms with E-state index in [1.54, 1.807) is 16.5 Å². The van der Waals surface area contributed by atoms with Crippen LogP contribution < -0.4 is 4.90 Å². The number of anilines is 1. The zero-order valence-corrected chi connectivity index (χ0v) is 9.62. The number of rotatable bonds is 5. The van der Waals surface area contributed by atoms with E-state index in [0.29, 0.717) is 12.4 Å². The molecule has 7 nitrogen and oxygen atoms in total. The molecule has 1 rings (SSSR count). The van der Waals surface area contributed by atoms with Crippen LogP contribution in [0.25, 0.3) is 0 Å². The number of nitrogens with zero attached hydrogens (tertiary/aromatic N) is 4. The van der Waals surface area contributed by atoms with Crippen LogP contribution in [0.15, 0.2) is 6.33 Å². The van der Waals surface area contributed by atoms with Gasteiger partial charge in [-0.2, -0.15) is 0 Å². The highest BCUT2D eigenvalue weighted by atomic mass is 16.6. The van der Waals surface area contributed by atoms with Gasteiger partial charge in [0, 0.05) is 19.6 Å². The van der Waals surface area contributed by atoms with Gasteiger partial charge in [0.1, 0.15) is 0 Å². The molecule has 1 aromatic heterocycles. The number of nitro groups is 1. The summed E-state index contributed by atoms with van der Waals surface area (Å²) in [4.78, 5) is 15.8. The molecule has 0 aliphatic carbocycles. The molecule has 7 heteroatoms. The minimum Gasteiger partial charge on any atom is -0.395 e. The van der Waals surface area contributed by atoms with Crippen LogP contribution in [-0.4, -0.2) is 38.8 Å². The molecular formula is C9H16N4O3. The highest BCUT2D eigenvalue weighted by Gasteiger charge is 2.26. The molecule has 0 unspecified atom stereocenters. The predicted octanol–water partition coefficient (Wildman–Crippen LogP) is 0.535. The van der Waals surface area contributed by atoms with Crippen molar-refractivity contribution < 1.29 is 10.0 Å². The van der Waals surface area contributed by atoms with E-state index >= 15 is 0 Å². The summed E-state index contributed by atoms with van der Waals surface area (Å²) in [6, 6.07) is 0.0567. The number of hydrogen-bond donors (Lipinski definition) is 1. The SMILES string of the molecule is CC(C)N(CCO)c1c([N+](=O)[O-])ncn1C. The molecule has 0 aliphatic heterocycles. The van der Waals surface area contributed by atoms with Crippen LogP contribution in [0.3, 0.4) is 0 Å². The van der Waals surface area contributed by atoms with Crippen molar-refractivity contribution in [3.63, 3.8) is 0 Å². The fourth-order valence-corrected chi connectivity index (χ4v) is 1.59. The standard InChI is InChI=1S/C9H16N4O3/c1-7(2)12(4-5-14)9-8(13(15)16)10-6-11(9)3/h6-7,14H,4-5H2,1-3H3. The van der Waals surface area contributed by atoms with Gasteiger partial charge in [-0.3, -0.25) is 4.57 Å². The van der Waals surface area contributed by atoms with E-state index in [-0.39, 0.29) is 18.5 Å². The van der Waals surface area contributed by atoms with Gasteiger partial charge in [0.05, 0.1) is 6.61 Å². The first kappa shape index (κ1) is 12.4. The molecule has 16 heavy (non-hydrogen) atoms. The Morgan fingerprint density at radius 2 is 2.31 bits per heavy atom. The molecule has 1 N–H and O–H groups in total. The molecule has 0 spiro atoms. The van der Waals surface area contributed by atoms with Crippen molar-refractivity contribution in [1.82, 2.24) is 9.55 Å². The number of aliphatic hydroxyl groups is 1. The number of aryl methyl sites for hydroxylation is 1. The van der Waals surface area contributed by atoms with Crippen LogP contribution in [0.4, 0.5) is 11.6 Å². The van der Waals surface area contributed by atoms with Gasteiger partial charge in [-0.05, 0) is 23.8 Å². The average Bonchev–Trinajstić information content (AvgIpc) is 2.56. The van der Waals surface area contributed by atoms with E-state index in [0.717, 1.165) is 0 Å². The summed E-state index contributed by atoms with van der Waals surface area (Å²) in [5.41, 5.74) is 0. The lowest BCUT2D eigenvalue weighted by molar-refractivity contribution is -0.388. The van der Waals surface area contributed by atoms with Crippen LogP contribution >= 0.6 is 0 Å². The Morgan fingerprint density at radius 1 is 1.69 bits per heavy atom. The number of aromatic nitrogens is 2. The van der Waals surface area contributed by atoms with E-state index in [4.69, 9.17) is 5.11 Å². The Hall–Kier alpha value is -1.63. The Balaban J connectivity index is 3.16.